The van der Waals surface area contributed by atoms with Crippen LogP contribution in [0.5, 0.6) is 0 Å². The molecule has 8 nitrogen and oxygen atoms in total. The van der Waals surface area contributed by atoms with Crippen molar-refractivity contribution in [2.24, 2.45) is 0 Å². The first kappa shape index (κ1) is 17.2. The summed E-state index contributed by atoms with van der Waals surface area (Å²) in [6.07, 6.45) is 3.26. The SMILES string of the molecule is O=C(CCn1cncn1)Nc1cccc(NC(=O)Nc2ccccc2)c1. The van der Waals surface area contributed by atoms with E-state index in [-0.39, 0.29) is 18.4 Å². The average Bonchev–Trinajstić information content (AvgIpc) is 3.14. The molecule has 3 rings (SSSR count). The summed E-state index contributed by atoms with van der Waals surface area (Å²) in [5.41, 5.74) is 1.88. The molecule has 0 saturated carbocycles. The van der Waals surface area contributed by atoms with Crippen molar-refractivity contribution in [1.29, 1.82) is 0 Å². The number of benzene rings is 2. The van der Waals surface area contributed by atoms with E-state index in [0.717, 1.165) is 0 Å². The molecule has 0 radical (unpaired) electrons. The van der Waals surface area contributed by atoms with Gasteiger partial charge in [0.2, 0.25) is 5.91 Å². The summed E-state index contributed by atoms with van der Waals surface area (Å²) >= 11 is 0. The number of hydrogen-bond donors (Lipinski definition) is 3. The maximum atomic E-state index is 12.0. The molecule has 1 heterocycles. The normalized spacial score (nSPS) is 10.2. The summed E-state index contributed by atoms with van der Waals surface area (Å²) < 4.78 is 1.59. The van der Waals surface area contributed by atoms with Gasteiger partial charge >= 0.3 is 6.03 Å². The van der Waals surface area contributed by atoms with E-state index in [9.17, 15) is 9.59 Å². The molecule has 1 aromatic heterocycles. The zero-order valence-electron chi connectivity index (χ0n) is 13.9. The molecule has 3 N–H and O–H groups in total. The first-order valence-electron chi connectivity index (χ1n) is 8.04. The second-order valence-corrected chi connectivity index (χ2v) is 5.48. The smallest absolute Gasteiger partial charge is 0.323 e. The Morgan fingerprint density at radius 1 is 0.885 bits per heavy atom. The predicted molar refractivity (Wildman–Crippen MR) is 98.8 cm³/mol. The highest BCUT2D eigenvalue weighted by atomic mass is 16.2. The van der Waals surface area contributed by atoms with Gasteiger partial charge in [-0.2, -0.15) is 5.10 Å². The van der Waals surface area contributed by atoms with Crippen molar-refractivity contribution < 1.29 is 9.59 Å². The molecule has 0 aliphatic heterocycles. The molecule has 0 aliphatic rings. The third-order valence-electron chi connectivity index (χ3n) is 3.47. The first-order valence-corrected chi connectivity index (χ1v) is 8.04. The minimum Gasteiger partial charge on any atom is -0.326 e. The quantitative estimate of drug-likeness (QED) is 0.636. The van der Waals surface area contributed by atoms with Crippen LogP contribution in [0.3, 0.4) is 0 Å². The number of amides is 3. The number of para-hydroxylation sites is 1. The first-order chi connectivity index (χ1) is 12.7. The topological polar surface area (TPSA) is 101 Å². The van der Waals surface area contributed by atoms with Gasteiger partial charge in [0.05, 0.1) is 6.54 Å². The highest BCUT2D eigenvalue weighted by Crippen LogP contribution is 2.16. The van der Waals surface area contributed by atoms with E-state index in [4.69, 9.17) is 0 Å². The third-order valence-corrected chi connectivity index (χ3v) is 3.47. The van der Waals surface area contributed by atoms with Gasteiger partial charge in [0.15, 0.2) is 0 Å². The van der Waals surface area contributed by atoms with Crippen LogP contribution in [0.4, 0.5) is 21.9 Å². The summed E-state index contributed by atoms with van der Waals surface area (Å²) in [7, 11) is 0. The average molecular weight is 350 g/mol. The zero-order chi connectivity index (χ0) is 18.2. The van der Waals surface area contributed by atoms with Crippen LogP contribution in [0.15, 0.2) is 67.3 Å². The number of nitrogens with zero attached hydrogens (tertiary/aromatic N) is 3. The molecule has 0 spiro atoms. The van der Waals surface area contributed by atoms with Gasteiger partial charge in [-0.15, -0.1) is 0 Å². The minimum atomic E-state index is -0.356. The summed E-state index contributed by atoms with van der Waals surface area (Å²) in [6, 6.07) is 15.7. The lowest BCUT2D eigenvalue weighted by Crippen LogP contribution is -2.19. The number of hydrogen-bond acceptors (Lipinski definition) is 4. The summed E-state index contributed by atoms with van der Waals surface area (Å²) in [5.74, 6) is -0.147. The van der Waals surface area contributed by atoms with E-state index in [2.05, 4.69) is 26.0 Å². The fraction of sp³-hybridized carbons (Fsp3) is 0.111. The highest BCUT2D eigenvalue weighted by Gasteiger charge is 2.06. The van der Waals surface area contributed by atoms with Crippen LogP contribution in [0.25, 0.3) is 0 Å². The number of aryl methyl sites for hydroxylation is 1. The van der Waals surface area contributed by atoms with E-state index in [1.54, 1.807) is 47.4 Å². The second-order valence-electron chi connectivity index (χ2n) is 5.48. The largest absolute Gasteiger partial charge is 0.326 e. The van der Waals surface area contributed by atoms with Gasteiger partial charge in [-0.1, -0.05) is 24.3 Å². The highest BCUT2D eigenvalue weighted by molar-refractivity contribution is 6.00. The number of carbonyl (C=O) groups is 2. The Hall–Kier alpha value is -3.68. The molecule has 132 valence electrons. The molecule has 8 heteroatoms. The Morgan fingerprint density at radius 2 is 1.58 bits per heavy atom. The van der Waals surface area contributed by atoms with Crippen LogP contribution in [0.1, 0.15) is 6.42 Å². The standard InChI is InChI=1S/C18H18N6O2/c25-17(9-10-24-13-19-12-20-24)21-15-7-4-8-16(11-15)23-18(26)22-14-5-2-1-3-6-14/h1-8,11-13H,9-10H2,(H,21,25)(H2,22,23,26). The van der Waals surface area contributed by atoms with Crippen LogP contribution < -0.4 is 16.0 Å². The van der Waals surface area contributed by atoms with E-state index in [0.29, 0.717) is 23.6 Å². The number of nitrogens with one attached hydrogen (secondary N) is 3. The molecule has 3 amide bonds. The molecule has 0 bridgehead atoms. The summed E-state index contributed by atoms with van der Waals surface area (Å²) in [4.78, 5) is 27.9. The molecule has 26 heavy (non-hydrogen) atoms. The summed E-state index contributed by atoms with van der Waals surface area (Å²) in [5, 5.41) is 12.2. The van der Waals surface area contributed by atoms with Gasteiger partial charge in [0, 0.05) is 23.5 Å². The maximum absolute atomic E-state index is 12.0. The van der Waals surface area contributed by atoms with Gasteiger partial charge in [0.1, 0.15) is 12.7 Å². The van der Waals surface area contributed by atoms with Crippen molar-refractivity contribution in [1.82, 2.24) is 14.8 Å². The van der Waals surface area contributed by atoms with Crippen LogP contribution in [0.2, 0.25) is 0 Å². The molecule has 2 aromatic carbocycles. The van der Waals surface area contributed by atoms with Gasteiger partial charge in [-0.3, -0.25) is 9.48 Å². The van der Waals surface area contributed by atoms with E-state index in [1.165, 1.54) is 6.33 Å². The molecule has 0 unspecified atom stereocenters. The number of anilines is 3. The lowest BCUT2D eigenvalue weighted by Gasteiger charge is -2.10. The molecular weight excluding hydrogens is 332 g/mol. The Bertz CT molecular complexity index is 864. The van der Waals surface area contributed by atoms with Crippen molar-refractivity contribution in [2.75, 3.05) is 16.0 Å². The zero-order valence-corrected chi connectivity index (χ0v) is 13.9. The maximum Gasteiger partial charge on any atom is 0.323 e. The van der Waals surface area contributed by atoms with Gasteiger partial charge in [-0.05, 0) is 30.3 Å². The second kappa shape index (κ2) is 8.43. The predicted octanol–water partition coefficient (Wildman–Crippen LogP) is 2.95. The fourth-order valence-corrected chi connectivity index (χ4v) is 2.28. The molecule has 0 saturated heterocycles. The Morgan fingerprint density at radius 3 is 2.31 bits per heavy atom. The van der Waals surface area contributed by atoms with Crippen molar-refractivity contribution >= 4 is 29.0 Å². The number of urea groups is 1. The van der Waals surface area contributed by atoms with Crippen LogP contribution >= 0.6 is 0 Å². The number of carbonyl (C=O) groups excluding carboxylic acids is 2. The molecule has 0 aliphatic carbocycles. The lowest BCUT2D eigenvalue weighted by molar-refractivity contribution is -0.116. The van der Waals surface area contributed by atoms with E-state index >= 15 is 0 Å². The lowest BCUT2D eigenvalue weighted by atomic mass is 10.2. The van der Waals surface area contributed by atoms with Crippen LogP contribution in [-0.4, -0.2) is 26.7 Å². The van der Waals surface area contributed by atoms with E-state index < -0.39 is 0 Å². The number of aromatic nitrogens is 3. The Kier molecular flexibility index (Phi) is 5.56. The van der Waals surface area contributed by atoms with Crippen LogP contribution in [-0.2, 0) is 11.3 Å². The third kappa shape index (κ3) is 5.17. The monoisotopic (exact) mass is 350 g/mol. The van der Waals surface area contributed by atoms with Crippen molar-refractivity contribution in [3.05, 3.63) is 67.3 Å². The Labute approximate surface area is 150 Å². The molecule has 0 fully saturated rings. The number of rotatable bonds is 6. The molecule has 3 aromatic rings. The van der Waals surface area contributed by atoms with Gasteiger partial charge in [-0.25, -0.2) is 9.78 Å². The summed E-state index contributed by atoms with van der Waals surface area (Å²) in [6.45, 7) is 0.448. The Balaban J connectivity index is 1.52. The van der Waals surface area contributed by atoms with Crippen LogP contribution in [0, 0.1) is 0 Å². The van der Waals surface area contributed by atoms with Gasteiger partial charge in [0.25, 0.3) is 0 Å². The van der Waals surface area contributed by atoms with Crippen molar-refractivity contribution in [3.8, 4) is 0 Å². The molecule has 0 atom stereocenters. The van der Waals surface area contributed by atoms with Gasteiger partial charge < -0.3 is 16.0 Å². The molecular formula is C18H18N6O2. The fourth-order valence-electron chi connectivity index (χ4n) is 2.28. The minimum absolute atomic E-state index is 0.147. The van der Waals surface area contributed by atoms with E-state index in [1.807, 2.05) is 18.2 Å². The van der Waals surface area contributed by atoms with Crippen molar-refractivity contribution in [3.63, 3.8) is 0 Å². The van der Waals surface area contributed by atoms with Crippen molar-refractivity contribution in [2.45, 2.75) is 13.0 Å².